The first-order valence-corrected chi connectivity index (χ1v) is 10.7. The Morgan fingerprint density at radius 2 is 1.96 bits per heavy atom. The van der Waals surface area contributed by atoms with Gasteiger partial charge in [-0.25, -0.2) is 13.2 Å². The summed E-state index contributed by atoms with van der Waals surface area (Å²) in [4.78, 5) is 27.1. The van der Waals surface area contributed by atoms with Gasteiger partial charge in [0.1, 0.15) is 22.7 Å². The number of carbonyl (C=O) groups excluding carboxylic acids is 1. The molecule has 2 aromatic heterocycles. The fourth-order valence-corrected chi connectivity index (χ4v) is 5.22. The van der Waals surface area contributed by atoms with Gasteiger partial charge in [-0.1, -0.05) is 18.2 Å². The third-order valence-electron chi connectivity index (χ3n) is 4.90. The highest BCUT2D eigenvalue weighted by molar-refractivity contribution is 7.91. The Morgan fingerprint density at radius 1 is 1.18 bits per heavy atom. The molecule has 0 bridgehead atoms. The van der Waals surface area contributed by atoms with E-state index in [0.717, 1.165) is 0 Å². The monoisotopic (exact) mass is 401 g/mol. The highest BCUT2D eigenvalue weighted by Crippen LogP contribution is 2.23. The van der Waals surface area contributed by atoms with E-state index in [-0.39, 0.29) is 23.6 Å². The lowest BCUT2D eigenvalue weighted by Crippen LogP contribution is -2.42. The molecule has 1 aliphatic rings. The van der Waals surface area contributed by atoms with Gasteiger partial charge < -0.3 is 13.7 Å². The summed E-state index contributed by atoms with van der Waals surface area (Å²) in [5.74, 6) is 0.546. The molecule has 28 heavy (non-hydrogen) atoms. The van der Waals surface area contributed by atoms with Crippen molar-refractivity contribution in [2.45, 2.75) is 25.9 Å². The molecule has 7 nitrogen and oxygen atoms in total. The molecule has 1 aromatic carbocycles. The molecule has 1 amide bonds. The van der Waals surface area contributed by atoms with Crippen LogP contribution in [0.3, 0.4) is 0 Å². The van der Waals surface area contributed by atoms with Crippen LogP contribution in [0, 0.1) is 6.92 Å². The molecule has 3 heterocycles. The second-order valence-corrected chi connectivity index (χ2v) is 9.22. The molecule has 3 aromatic rings. The van der Waals surface area contributed by atoms with Gasteiger partial charge in [-0.05, 0) is 37.6 Å². The van der Waals surface area contributed by atoms with Crippen LogP contribution < -0.4 is 5.63 Å². The molecule has 0 radical (unpaired) electrons. The minimum absolute atomic E-state index is 0.0188. The van der Waals surface area contributed by atoms with Gasteiger partial charge in [-0.2, -0.15) is 0 Å². The number of nitrogens with zero attached hydrogens (tertiary/aromatic N) is 1. The molecular formula is C20H19NO6S. The van der Waals surface area contributed by atoms with Crippen LogP contribution in [-0.4, -0.2) is 36.8 Å². The zero-order valence-electron chi connectivity index (χ0n) is 15.3. The fourth-order valence-electron chi connectivity index (χ4n) is 3.49. The topological polar surface area (TPSA) is 97.8 Å². The van der Waals surface area contributed by atoms with Gasteiger partial charge in [0.2, 0.25) is 0 Å². The van der Waals surface area contributed by atoms with E-state index in [1.165, 1.54) is 11.0 Å². The minimum Gasteiger partial charge on any atom is -0.464 e. The van der Waals surface area contributed by atoms with Crippen LogP contribution in [0.1, 0.15) is 28.3 Å². The molecule has 0 saturated carbocycles. The maximum Gasteiger partial charge on any atom is 0.349 e. The average molecular weight is 401 g/mol. The Morgan fingerprint density at radius 3 is 2.64 bits per heavy atom. The SMILES string of the molecule is Cc1ccc(CN(C(=O)c2cc3ccccc3oc2=O)[C@H]2CCS(=O)(=O)C2)o1. The Bertz CT molecular complexity index is 1210. The van der Waals surface area contributed by atoms with Gasteiger partial charge in [0, 0.05) is 11.4 Å². The second kappa shape index (κ2) is 6.94. The van der Waals surface area contributed by atoms with Crippen LogP contribution in [-0.2, 0) is 16.4 Å². The molecule has 0 spiro atoms. The maximum absolute atomic E-state index is 13.2. The van der Waals surface area contributed by atoms with Gasteiger partial charge in [0.15, 0.2) is 9.84 Å². The van der Waals surface area contributed by atoms with Gasteiger partial charge in [0.25, 0.3) is 5.91 Å². The number of aryl methyl sites for hydroxylation is 1. The van der Waals surface area contributed by atoms with Crippen LogP contribution in [0.15, 0.2) is 56.1 Å². The van der Waals surface area contributed by atoms with Gasteiger partial charge in [-0.3, -0.25) is 4.79 Å². The van der Waals surface area contributed by atoms with Crippen LogP contribution in [0.2, 0.25) is 0 Å². The molecule has 1 aliphatic heterocycles. The molecule has 4 rings (SSSR count). The van der Waals surface area contributed by atoms with Crippen LogP contribution >= 0.6 is 0 Å². The smallest absolute Gasteiger partial charge is 0.349 e. The van der Waals surface area contributed by atoms with Crippen molar-refractivity contribution in [1.82, 2.24) is 4.90 Å². The summed E-state index contributed by atoms with van der Waals surface area (Å²) in [7, 11) is -3.21. The predicted octanol–water partition coefficient (Wildman–Crippen LogP) is 2.52. The van der Waals surface area contributed by atoms with Crippen molar-refractivity contribution in [3.63, 3.8) is 0 Å². The zero-order chi connectivity index (χ0) is 19.9. The number of rotatable bonds is 4. The van der Waals surface area contributed by atoms with Gasteiger partial charge in [0.05, 0.1) is 18.1 Å². The van der Waals surface area contributed by atoms with E-state index in [1.54, 1.807) is 43.3 Å². The van der Waals surface area contributed by atoms with Crippen molar-refractivity contribution in [2.24, 2.45) is 0 Å². The summed E-state index contributed by atoms with van der Waals surface area (Å²) in [6, 6.07) is 11.4. The Balaban J connectivity index is 1.74. The normalized spacial score (nSPS) is 18.4. The predicted molar refractivity (Wildman–Crippen MR) is 103 cm³/mol. The lowest BCUT2D eigenvalue weighted by atomic mass is 10.1. The highest BCUT2D eigenvalue weighted by atomic mass is 32.2. The zero-order valence-corrected chi connectivity index (χ0v) is 16.1. The van der Waals surface area contributed by atoms with Crippen LogP contribution in [0.25, 0.3) is 11.0 Å². The number of hydrogen-bond donors (Lipinski definition) is 0. The largest absolute Gasteiger partial charge is 0.464 e. The summed E-state index contributed by atoms with van der Waals surface area (Å²) in [5.41, 5.74) is -0.475. The summed E-state index contributed by atoms with van der Waals surface area (Å²) in [6.45, 7) is 1.87. The average Bonchev–Trinajstić information content (AvgIpc) is 3.23. The molecule has 8 heteroatoms. The van der Waals surface area contributed by atoms with E-state index < -0.39 is 27.4 Å². The first kappa shape index (κ1) is 18.5. The minimum atomic E-state index is -3.21. The van der Waals surface area contributed by atoms with Crippen molar-refractivity contribution in [3.8, 4) is 0 Å². The molecule has 146 valence electrons. The van der Waals surface area contributed by atoms with Crippen molar-refractivity contribution in [3.05, 3.63) is 70.0 Å². The number of amides is 1. The standard InChI is InChI=1S/C20H19NO6S/c1-13-6-7-16(26-13)11-21(15-8-9-28(24,25)12-15)19(22)17-10-14-4-2-3-5-18(14)27-20(17)23/h2-7,10,15H,8-9,11-12H2,1H3/t15-/m0/s1. The number of hydrogen-bond acceptors (Lipinski definition) is 6. The third kappa shape index (κ3) is 3.60. The summed E-state index contributed by atoms with van der Waals surface area (Å²) >= 11 is 0. The lowest BCUT2D eigenvalue weighted by molar-refractivity contribution is 0.0661. The van der Waals surface area contributed by atoms with E-state index in [1.807, 2.05) is 0 Å². The van der Waals surface area contributed by atoms with E-state index >= 15 is 0 Å². The van der Waals surface area contributed by atoms with E-state index in [4.69, 9.17) is 8.83 Å². The summed E-state index contributed by atoms with van der Waals surface area (Å²) < 4.78 is 34.8. The summed E-state index contributed by atoms with van der Waals surface area (Å²) in [5, 5.41) is 0.623. The number of furan rings is 1. The number of fused-ring (bicyclic) bond motifs is 1. The van der Waals surface area contributed by atoms with Gasteiger partial charge in [-0.15, -0.1) is 0 Å². The van der Waals surface area contributed by atoms with Crippen molar-refractivity contribution < 1.29 is 22.0 Å². The third-order valence-corrected chi connectivity index (χ3v) is 6.65. The Hall–Kier alpha value is -2.87. The van der Waals surface area contributed by atoms with Crippen molar-refractivity contribution in [2.75, 3.05) is 11.5 Å². The molecule has 1 fully saturated rings. The summed E-state index contributed by atoms with van der Waals surface area (Å²) in [6.07, 6.45) is 0.326. The highest BCUT2D eigenvalue weighted by Gasteiger charge is 2.36. The van der Waals surface area contributed by atoms with E-state index in [9.17, 15) is 18.0 Å². The van der Waals surface area contributed by atoms with E-state index in [0.29, 0.717) is 28.9 Å². The quantitative estimate of drug-likeness (QED) is 0.623. The molecule has 0 N–H and O–H groups in total. The fraction of sp³-hybridized carbons (Fsp3) is 0.300. The molecular weight excluding hydrogens is 382 g/mol. The van der Waals surface area contributed by atoms with Gasteiger partial charge >= 0.3 is 5.63 Å². The number of sulfone groups is 1. The number of para-hydroxylation sites is 1. The second-order valence-electron chi connectivity index (χ2n) is 6.99. The molecule has 0 aliphatic carbocycles. The molecule has 1 atom stereocenters. The number of carbonyl (C=O) groups is 1. The van der Waals surface area contributed by atoms with Crippen molar-refractivity contribution in [1.29, 1.82) is 0 Å². The maximum atomic E-state index is 13.2. The first-order valence-electron chi connectivity index (χ1n) is 8.92. The Labute approximate surface area is 161 Å². The van der Waals surface area contributed by atoms with Crippen LogP contribution in [0.4, 0.5) is 0 Å². The molecule has 1 saturated heterocycles. The lowest BCUT2D eigenvalue weighted by Gasteiger charge is -2.27. The number of benzene rings is 1. The Kier molecular flexibility index (Phi) is 4.58. The first-order chi connectivity index (χ1) is 13.3. The van der Waals surface area contributed by atoms with Crippen LogP contribution in [0.5, 0.6) is 0 Å². The molecule has 0 unspecified atom stereocenters. The van der Waals surface area contributed by atoms with Crippen molar-refractivity contribution >= 4 is 26.7 Å². The van der Waals surface area contributed by atoms with E-state index in [2.05, 4.69) is 0 Å².